The summed E-state index contributed by atoms with van der Waals surface area (Å²) in [7, 11) is -37.0. The van der Waals surface area contributed by atoms with E-state index in [1.807, 2.05) is 0 Å². The lowest BCUT2D eigenvalue weighted by Crippen LogP contribution is -2.30. The third-order valence-corrected chi connectivity index (χ3v) is 20.6. The summed E-state index contributed by atoms with van der Waals surface area (Å²) in [5, 5.41) is 8.67. The van der Waals surface area contributed by atoms with Crippen LogP contribution >= 0.6 is 83.9 Å². The Balaban J connectivity index is 5.09. The molecule has 0 heterocycles. The second kappa shape index (κ2) is 67.5. The molecule has 0 bridgehead atoms. The Hall–Kier alpha value is 0.780. The molecular formula is C47H109N5O47P8S2. The normalized spacial score (nSPS) is 18.1. The predicted octanol–water partition coefficient (Wildman–Crippen LogP) is -1.28. The van der Waals surface area contributed by atoms with E-state index in [4.69, 9.17) is 173 Å². The first-order chi connectivity index (χ1) is 51.7. The maximum atomic E-state index is 13.2. The molecule has 0 aromatic carbocycles. The molecule has 109 heavy (non-hydrogen) atoms. The average molecular weight is 1810 g/mol. The first kappa shape index (κ1) is 110. The summed E-state index contributed by atoms with van der Waals surface area (Å²) in [6, 6.07) is 0. The van der Waals surface area contributed by atoms with E-state index < -0.39 is 206 Å². The molecule has 52 nitrogen and oxygen atoms in total. The second-order valence-electron chi connectivity index (χ2n) is 20.0. The highest BCUT2D eigenvalue weighted by atomic mass is 33.1. The van der Waals surface area contributed by atoms with Gasteiger partial charge in [-0.3, -0.25) is 67.9 Å². The van der Waals surface area contributed by atoms with Crippen molar-refractivity contribution in [3.8, 4) is 0 Å². The van der Waals surface area contributed by atoms with Crippen LogP contribution in [0.2, 0.25) is 0 Å². The predicted molar refractivity (Wildman–Crippen MR) is 374 cm³/mol. The quantitative estimate of drug-likeness (QED) is 0.0146. The molecule has 62 heteroatoms. The van der Waals surface area contributed by atoms with Crippen LogP contribution in [-0.4, -0.2) is 352 Å². The minimum Gasteiger partial charge on any atom is -0.385 e. The lowest BCUT2D eigenvalue weighted by Gasteiger charge is -2.26. The number of nitrogens with two attached hydrogens (primary N) is 5. The van der Waals surface area contributed by atoms with Gasteiger partial charge < -0.3 is 148 Å². The SMILES string of the molecule is CP(=O)(O)OCCOCCOCCOCCOCCOCCOP(=O)(O)OC(COCN)COP(=O)(O)OC(COCN)COP(=O)(O)OC(COCN)COP(=O)(O)OC(COCN)COP(=O)(O)OC(COCN)COP(=O)(O)OCCOCCOCCOCCOCCOCCOP(=O)(O)OCSSCO. The van der Waals surface area contributed by atoms with Gasteiger partial charge in [0, 0.05) is 6.66 Å². The van der Waals surface area contributed by atoms with E-state index in [1.165, 1.54) is 0 Å². The number of phosphoric ester groups is 7. The number of phosphoric acid groups is 7. The summed E-state index contributed by atoms with van der Waals surface area (Å²) < 4.78 is 253. The van der Waals surface area contributed by atoms with Crippen LogP contribution in [0.5, 0.6) is 0 Å². The monoisotopic (exact) mass is 1810 g/mol. The molecule has 0 fully saturated rings. The van der Waals surface area contributed by atoms with E-state index >= 15 is 0 Å². The average Bonchev–Trinajstić information content (AvgIpc) is 0.867. The number of ether oxygens (including phenoxy) is 15. The van der Waals surface area contributed by atoms with Crippen LogP contribution in [0.1, 0.15) is 0 Å². The molecule has 0 aliphatic carbocycles. The lowest BCUT2D eigenvalue weighted by molar-refractivity contribution is -0.0352. The molecule has 19 N–H and O–H groups in total. The van der Waals surface area contributed by atoms with Crippen LogP contribution in [-0.2, 0) is 175 Å². The number of hydrogen-bond donors (Lipinski definition) is 14. The third-order valence-electron chi connectivity index (χ3n) is 11.0. The fraction of sp³-hybridized carbons (Fsp3) is 1.00. The van der Waals surface area contributed by atoms with Gasteiger partial charge in [0.05, 0.1) is 264 Å². The molecule has 656 valence electrons. The minimum atomic E-state index is -5.42. The molecule has 0 aliphatic heterocycles. The lowest BCUT2D eigenvalue weighted by atomic mass is 10.4. The van der Waals surface area contributed by atoms with Crippen molar-refractivity contribution in [2.75, 3.05) is 277 Å². The number of aliphatic hydroxyl groups is 1. The molecule has 0 rings (SSSR count). The van der Waals surface area contributed by atoms with E-state index in [2.05, 4.69) is 4.52 Å². The van der Waals surface area contributed by atoms with Crippen molar-refractivity contribution in [2.45, 2.75) is 30.5 Å². The molecule has 0 amide bonds. The van der Waals surface area contributed by atoms with Crippen LogP contribution < -0.4 is 28.7 Å². The summed E-state index contributed by atoms with van der Waals surface area (Å²) >= 11 is 0. The van der Waals surface area contributed by atoms with Crippen LogP contribution in [0.3, 0.4) is 0 Å². The zero-order valence-corrected chi connectivity index (χ0v) is 68.5. The van der Waals surface area contributed by atoms with Crippen molar-refractivity contribution in [3.63, 3.8) is 0 Å². The second-order valence-corrected chi connectivity index (χ2v) is 34.1. The van der Waals surface area contributed by atoms with E-state index in [0.717, 1.165) is 28.3 Å². The number of rotatable bonds is 85. The highest BCUT2D eigenvalue weighted by Crippen LogP contribution is 2.52. The third kappa shape index (κ3) is 72.5. The summed E-state index contributed by atoms with van der Waals surface area (Å²) in [5.41, 5.74) is 26.9. The number of hydrogen-bond acceptors (Lipinski definition) is 46. The minimum absolute atomic E-state index is 0.0131. The van der Waals surface area contributed by atoms with Gasteiger partial charge in [-0.05, 0) is 0 Å². The van der Waals surface area contributed by atoms with Gasteiger partial charge >= 0.3 is 62.4 Å². The molecule has 0 saturated heterocycles. The molecule has 0 aliphatic rings. The Kier molecular flexibility index (Phi) is 68.0. The van der Waals surface area contributed by atoms with Crippen molar-refractivity contribution in [3.05, 3.63) is 0 Å². The zero-order valence-electron chi connectivity index (χ0n) is 59.7. The summed E-state index contributed by atoms with van der Waals surface area (Å²) in [6.07, 6.45) is -8.77. The van der Waals surface area contributed by atoms with Gasteiger partial charge in [-0.15, -0.1) is 0 Å². The van der Waals surface area contributed by atoms with Crippen molar-refractivity contribution in [2.24, 2.45) is 28.7 Å². The van der Waals surface area contributed by atoms with Crippen LogP contribution in [0.25, 0.3) is 0 Å². The fourth-order valence-corrected chi connectivity index (χ4v) is 14.3. The van der Waals surface area contributed by atoms with Crippen LogP contribution in [0.4, 0.5) is 0 Å². The zero-order chi connectivity index (χ0) is 81.5. The standard InChI is InChI=1S/C47H109N5O47P8S2/c1-100(54,55)85-22-18-76-14-10-72-6-2-70-5-9-75-13-17-79-21-25-88-103(60,61)95-44(27-81-37-49)32-90-105(64,65)97-46(29-83-39-51)34-92-107(68,69)99-47(30-84-40-52)35-93-106(66,67)98-45(28-82-38-50)33-91-104(62,63)96-43(26-80-36-48)31-89-101(56,57)86-23-19-77-15-11-73-7-3-71-4-8-74-12-16-78-20-24-87-102(58,59)94-42-109-108-41-53/h43-47,53H,2-42,48-52H2,1H3,(H,54,55)(H,56,57)(H,58,59)(H,60,61)(H,62,63)(H,64,65)(H,66,67)(H,68,69). The molecule has 0 aromatic heterocycles. The van der Waals surface area contributed by atoms with Gasteiger partial charge in [-0.25, -0.2) is 32.0 Å². The van der Waals surface area contributed by atoms with Gasteiger partial charge in [-0.1, -0.05) is 21.6 Å². The van der Waals surface area contributed by atoms with Gasteiger partial charge in [0.2, 0.25) is 0 Å². The Bertz CT molecular complexity index is 2610. The van der Waals surface area contributed by atoms with Gasteiger partial charge in [0.1, 0.15) is 36.5 Å². The summed E-state index contributed by atoms with van der Waals surface area (Å²) in [4.78, 5) is 81.7. The van der Waals surface area contributed by atoms with Crippen molar-refractivity contribution in [1.82, 2.24) is 0 Å². The van der Waals surface area contributed by atoms with E-state index in [0.29, 0.717) is 0 Å². The Morgan fingerprint density at radius 3 is 0.633 bits per heavy atom. The largest absolute Gasteiger partial charge is 0.473 e. The van der Waals surface area contributed by atoms with Crippen molar-refractivity contribution >= 4 is 83.9 Å². The topological polar surface area (TPSA) is 726 Å². The first-order valence-corrected chi connectivity index (χ1v) is 47.1. The fourth-order valence-electron chi connectivity index (χ4n) is 6.62. The molecule has 13 atom stereocenters. The van der Waals surface area contributed by atoms with Gasteiger partial charge in [0.15, 0.2) is 0 Å². The smallest absolute Gasteiger partial charge is 0.385 e. The molecule has 0 saturated carbocycles. The summed E-state index contributed by atoms with van der Waals surface area (Å²) in [5.74, 6) is -0.332. The Labute approximate surface area is 637 Å². The Morgan fingerprint density at radius 1 is 0.239 bits per heavy atom. The summed E-state index contributed by atoms with van der Waals surface area (Å²) in [6.45, 7) is -8.72. The van der Waals surface area contributed by atoms with E-state index in [-0.39, 0.29) is 157 Å². The molecule has 0 spiro atoms. The van der Waals surface area contributed by atoms with E-state index in [1.54, 1.807) is 0 Å². The first-order valence-electron chi connectivity index (χ1n) is 32.2. The van der Waals surface area contributed by atoms with Crippen LogP contribution in [0.15, 0.2) is 0 Å². The molecular weight excluding hydrogens is 1700 g/mol. The maximum Gasteiger partial charge on any atom is 0.473 e. The molecule has 0 aromatic rings. The highest BCUT2D eigenvalue weighted by molar-refractivity contribution is 8.76. The Morgan fingerprint density at radius 2 is 0.422 bits per heavy atom. The molecule has 13 unspecified atom stereocenters. The van der Waals surface area contributed by atoms with E-state index in [9.17, 15) is 70.8 Å². The highest BCUT2D eigenvalue weighted by Gasteiger charge is 2.38. The van der Waals surface area contributed by atoms with Crippen LogP contribution in [0, 0.1) is 0 Å². The van der Waals surface area contributed by atoms with Gasteiger partial charge in [-0.2, -0.15) is 0 Å². The number of aliphatic hydroxyl groups excluding tert-OH is 1. The maximum absolute atomic E-state index is 13.2. The van der Waals surface area contributed by atoms with Gasteiger partial charge in [0.25, 0.3) is 0 Å². The molecule has 0 radical (unpaired) electrons. The van der Waals surface area contributed by atoms with Crippen molar-refractivity contribution < 1.29 is 220 Å². The van der Waals surface area contributed by atoms with Crippen molar-refractivity contribution in [1.29, 1.82) is 0 Å².